The van der Waals surface area contributed by atoms with Gasteiger partial charge in [0.25, 0.3) is 0 Å². The Kier molecular flexibility index (Phi) is 10.7. The van der Waals surface area contributed by atoms with E-state index in [1.54, 1.807) is 64.1 Å². The van der Waals surface area contributed by atoms with Gasteiger partial charge in [0, 0.05) is 22.5 Å². The smallest absolute Gasteiger partial charge is 0.338 e. The van der Waals surface area contributed by atoms with Crippen LogP contribution >= 0.6 is 24.4 Å². The molecule has 0 radical (unpaired) electrons. The maximum Gasteiger partial charge on any atom is 0.338 e. The van der Waals surface area contributed by atoms with Crippen LogP contribution in [0.5, 0.6) is 0 Å². The summed E-state index contributed by atoms with van der Waals surface area (Å²) in [4.78, 5) is 24.2. The SMILES string of the molecule is CCOC(=O)C1=C(C)NC(=S)N[C@@H]1c1ccccc1F.CCOC(=O)C1=C(C)NC(=S)N[C@H]1c1ccccc1F. The lowest BCUT2D eigenvalue weighted by Gasteiger charge is -2.29. The first-order valence-electron chi connectivity index (χ1n) is 12.5. The van der Waals surface area contributed by atoms with E-state index in [0.29, 0.717) is 43.9 Å². The maximum atomic E-state index is 14.0. The second-order valence-corrected chi connectivity index (χ2v) is 9.44. The van der Waals surface area contributed by atoms with Crippen LogP contribution in [0.15, 0.2) is 71.1 Å². The van der Waals surface area contributed by atoms with Gasteiger partial charge in [-0.1, -0.05) is 36.4 Å². The first kappa shape index (κ1) is 30.6. The second kappa shape index (κ2) is 13.9. The summed E-state index contributed by atoms with van der Waals surface area (Å²) in [6.07, 6.45) is 0. The highest BCUT2D eigenvalue weighted by Gasteiger charge is 2.33. The molecule has 2 heterocycles. The van der Waals surface area contributed by atoms with E-state index in [1.165, 1.54) is 12.1 Å². The van der Waals surface area contributed by atoms with Crippen LogP contribution in [0.2, 0.25) is 0 Å². The molecular formula is C28H30F2N4O4S2. The predicted octanol–water partition coefficient (Wildman–Crippen LogP) is 4.36. The maximum absolute atomic E-state index is 14.0. The lowest BCUT2D eigenvalue weighted by molar-refractivity contribution is -0.140. The third-order valence-corrected chi connectivity index (χ3v) is 6.40. The van der Waals surface area contributed by atoms with Crippen molar-refractivity contribution in [2.45, 2.75) is 39.8 Å². The van der Waals surface area contributed by atoms with Crippen LogP contribution in [-0.4, -0.2) is 35.4 Å². The summed E-state index contributed by atoms with van der Waals surface area (Å²) in [6, 6.07) is 11.2. The Morgan fingerprint density at radius 3 is 1.40 bits per heavy atom. The van der Waals surface area contributed by atoms with Crippen LogP contribution in [-0.2, 0) is 19.1 Å². The number of esters is 2. The van der Waals surface area contributed by atoms with Gasteiger partial charge in [0.15, 0.2) is 10.2 Å². The highest BCUT2D eigenvalue weighted by Crippen LogP contribution is 2.30. The highest BCUT2D eigenvalue weighted by molar-refractivity contribution is 7.80. The zero-order chi connectivity index (χ0) is 29.4. The molecule has 2 aliphatic rings. The van der Waals surface area contributed by atoms with Crippen LogP contribution in [0.3, 0.4) is 0 Å². The van der Waals surface area contributed by atoms with Crippen molar-refractivity contribution in [2.24, 2.45) is 0 Å². The highest BCUT2D eigenvalue weighted by atomic mass is 32.1. The number of carbonyl (C=O) groups is 2. The van der Waals surface area contributed by atoms with Gasteiger partial charge < -0.3 is 30.7 Å². The summed E-state index contributed by atoms with van der Waals surface area (Å²) in [5, 5.41) is 12.3. The van der Waals surface area contributed by atoms with Crippen LogP contribution in [0.4, 0.5) is 8.78 Å². The van der Waals surface area contributed by atoms with Gasteiger partial charge in [0.1, 0.15) is 11.6 Å². The third-order valence-electron chi connectivity index (χ3n) is 5.96. The van der Waals surface area contributed by atoms with Crippen molar-refractivity contribution < 1.29 is 27.8 Å². The zero-order valence-corrected chi connectivity index (χ0v) is 24.0. The number of rotatable bonds is 6. The summed E-state index contributed by atoms with van der Waals surface area (Å²) in [6.45, 7) is 7.38. The molecule has 0 aliphatic carbocycles. The Morgan fingerprint density at radius 2 is 1.07 bits per heavy atom. The Morgan fingerprint density at radius 1 is 0.725 bits per heavy atom. The molecule has 8 nitrogen and oxygen atoms in total. The molecule has 0 amide bonds. The molecule has 0 unspecified atom stereocenters. The van der Waals surface area contributed by atoms with Gasteiger partial charge in [0.05, 0.1) is 36.4 Å². The number of benzene rings is 2. The van der Waals surface area contributed by atoms with Crippen molar-refractivity contribution in [2.75, 3.05) is 13.2 Å². The van der Waals surface area contributed by atoms with Gasteiger partial charge in [-0.3, -0.25) is 0 Å². The molecule has 4 rings (SSSR count). The molecule has 0 bridgehead atoms. The van der Waals surface area contributed by atoms with E-state index in [4.69, 9.17) is 33.9 Å². The van der Waals surface area contributed by atoms with E-state index >= 15 is 0 Å². The fourth-order valence-electron chi connectivity index (χ4n) is 4.23. The fourth-order valence-corrected chi connectivity index (χ4v) is 4.77. The standard InChI is InChI=1S/2C14H15FN2O2S/c2*1-3-19-13(18)11-8(2)16-14(20)17-12(11)9-6-4-5-7-10(9)15/h2*4-7,12H,3H2,1-2H3,(H2,16,17,20)/t2*12-/m10/s1. The lowest BCUT2D eigenvalue weighted by Crippen LogP contribution is -2.45. The van der Waals surface area contributed by atoms with Crippen molar-refractivity contribution in [3.63, 3.8) is 0 Å². The first-order chi connectivity index (χ1) is 19.1. The summed E-state index contributed by atoms with van der Waals surface area (Å²) < 4.78 is 38.0. The third kappa shape index (κ3) is 7.19. The van der Waals surface area contributed by atoms with Gasteiger partial charge >= 0.3 is 11.9 Å². The van der Waals surface area contributed by atoms with E-state index in [9.17, 15) is 18.4 Å². The molecular weight excluding hydrogens is 558 g/mol. The Labute approximate surface area is 242 Å². The number of halogens is 2. The monoisotopic (exact) mass is 588 g/mol. The topological polar surface area (TPSA) is 101 Å². The molecule has 0 spiro atoms. The first-order valence-corrected chi connectivity index (χ1v) is 13.3. The molecule has 2 aliphatic heterocycles. The van der Waals surface area contributed by atoms with E-state index in [1.807, 2.05) is 0 Å². The van der Waals surface area contributed by atoms with Crippen molar-refractivity contribution in [1.82, 2.24) is 21.3 Å². The quantitative estimate of drug-likeness (QED) is 0.288. The predicted molar refractivity (Wildman–Crippen MR) is 155 cm³/mol. The summed E-state index contributed by atoms with van der Waals surface area (Å²) >= 11 is 10.2. The molecule has 40 heavy (non-hydrogen) atoms. The molecule has 212 valence electrons. The Balaban J connectivity index is 0.000000220. The fraction of sp³-hybridized carbons (Fsp3) is 0.286. The van der Waals surface area contributed by atoms with Crippen molar-refractivity contribution >= 4 is 46.6 Å². The molecule has 2 aromatic rings. The van der Waals surface area contributed by atoms with Crippen molar-refractivity contribution in [3.05, 3.63) is 93.8 Å². The van der Waals surface area contributed by atoms with Gasteiger partial charge in [-0.25, -0.2) is 18.4 Å². The van der Waals surface area contributed by atoms with Gasteiger partial charge in [-0.2, -0.15) is 0 Å². The minimum Gasteiger partial charge on any atom is -0.463 e. The second-order valence-electron chi connectivity index (χ2n) is 8.62. The number of ether oxygens (including phenoxy) is 2. The van der Waals surface area contributed by atoms with E-state index < -0.39 is 35.7 Å². The minimum absolute atomic E-state index is 0.254. The average molecular weight is 589 g/mol. The van der Waals surface area contributed by atoms with Crippen LogP contribution in [0.25, 0.3) is 0 Å². The molecule has 2 atom stereocenters. The van der Waals surface area contributed by atoms with Gasteiger partial charge in [0.2, 0.25) is 0 Å². The van der Waals surface area contributed by atoms with E-state index in [-0.39, 0.29) is 13.2 Å². The van der Waals surface area contributed by atoms with Crippen LogP contribution in [0.1, 0.15) is 50.9 Å². The van der Waals surface area contributed by atoms with Crippen LogP contribution < -0.4 is 21.3 Å². The molecule has 0 saturated heterocycles. The largest absolute Gasteiger partial charge is 0.463 e. The van der Waals surface area contributed by atoms with E-state index in [0.717, 1.165) is 0 Å². The molecule has 2 aromatic carbocycles. The van der Waals surface area contributed by atoms with E-state index in [2.05, 4.69) is 21.3 Å². The van der Waals surface area contributed by atoms with Gasteiger partial charge in [-0.15, -0.1) is 0 Å². The number of nitrogens with one attached hydrogen (secondary N) is 4. The number of carbonyl (C=O) groups excluding carboxylic acids is 2. The van der Waals surface area contributed by atoms with Crippen molar-refractivity contribution in [3.8, 4) is 0 Å². The normalized spacial score (nSPS) is 18.4. The minimum atomic E-state index is -0.649. The Hall–Kier alpha value is -3.90. The van der Waals surface area contributed by atoms with Crippen LogP contribution in [0, 0.1) is 11.6 Å². The molecule has 0 saturated carbocycles. The van der Waals surface area contributed by atoms with Gasteiger partial charge in [-0.05, 0) is 64.3 Å². The lowest BCUT2D eigenvalue weighted by atomic mass is 9.95. The molecule has 0 fully saturated rings. The summed E-state index contributed by atoms with van der Waals surface area (Å²) in [5.74, 6) is -1.77. The summed E-state index contributed by atoms with van der Waals surface area (Å²) in [7, 11) is 0. The number of hydrogen-bond acceptors (Lipinski definition) is 6. The van der Waals surface area contributed by atoms with Crippen molar-refractivity contribution in [1.29, 1.82) is 0 Å². The molecule has 12 heteroatoms. The summed E-state index contributed by atoms with van der Waals surface area (Å²) in [5.41, 5.74) is 2.54. The molecule has 4 N–H and O–H groups in total. The Bertz CT molecular complexity index is 1280. The average Bonchev–Trinajstić information content (AvgIpc) is 2.89. The number of hydrogen-bond donors (Lipinski definition) is 4. The zero-order valence-electron chi connectivity index (χ0n) is 22.4. The number of allylic oxidation sites excluding steroid dienone is 2. The number of thiocarbonyl (C=S) groups is 2. The molecule has 0 aromatic heterocycles.